The number of hydrogen-bond donors (Lipinski definition) is 0. The lowest BCUT2D eigenvalue weighted by molar-refractivity contribution is 0.0992. The number of thiophene rings is 1. The van der Waals surface area contributed by atoms with Gasteiger partial charge in [0.2, 0.25) is 0 Å². The quantitative estimate of drug-likeness (QED) is 0.604. The van der Waals surface area contributed by atoms with Crippen molar-refractivity contribution in [2.45, 2.75) is 12.8 Å². The molecule has 0 saturated heterocycles. The Balaban J connectivity index is 1.60. The number of Topliss-reactive ketones (excluding diaryl/α,β-unsaturated/α-hetero) is 1. The third-order valence-corrected chi connectivity index (χ3v) is 5.28. The first kappa shape index (κ1) is 16.1. The fourth-order valence-electron chi connectivity index (χ4n) is 2.86. The molecule has 3 aromatic rings. The molecule has 0 spiro atoms. The molecule has 0 bridgehead atoms. The van der Waals surface area contributed by atoms with E-state index in [1.54, 1.807) is 29.7 Å². The highest BCUT2D eigenvalue weighted by atomic mass is 35.5. The second-order valence-corrected chi connectivity index (χ2v) is 7.08. The predicted molar refractivity (Wildman–Crippen MR) is 97.9 cm³/mol. The summed E-state index contributed by atoms with van der Waals surface area (Å²) in [6, 6.07) is 10.1. The molecule has 0 saturated carbocycles. The Hall–Kier alpha value is -2.37. The summed E-state index contributed by atoms with van der Waals surface area (Å²) >= 11 is 7.42. The van der Waals surface area contributed by atoms with Gasteiger partial charge in [0.1, 0.15) is 5.82 Å². The second-order valence-electron chi connectivity index (χ2n) is 5.72. The summed E-state index contributed by atoms with van der Waals surface area (Å²) in [5.41, 5.74) is 3.08. The molecule has 1 aliphatic rings. The molecule has 0 radical (unpaired) electrons. The highest BCUT2D eigenvalue weighted by molar-refractivity contribution is 7.12. The number of carbonyl (C=O) groups excluding carboxylic acids is 1. The normalized spacial score (nSPS) is 12.8. The van der Waals surface area contributed by atoms with Crippen LogP contribution in [-0.4, -0.2) is 16.5 Å². The van der Waals surface area contributed by atoms with Crippen LogP contribution in [0.4, 0.5) is 10.2 Å². The van der Waals surface area contributed by atoms with Crippen LogP contribution >= 0.6 is 22.9 Å². The van der Waals surface area contributed by atoms with Crippen molar-refractivity contribution in [2.24, 2.45) is 4.99 Å². The number of halogens is 2. The monoisotopic (exact) mass is 370 g/mol. The first-order valence-electron chi connectivity index (χ1n) is 7.68. The minimum absolute atomic E-state index is 0.0218. The molecule has 1 aromatic carbocycles. The molecule has 4 rings (SSSR count). The molecule has 6 heteroatoms. The Kier molecular flexibility index (Phi) is 4.19. The third-order valence-electron chi connectivity index (χ3n) is 4.07. The van der Waals surface area contributed by atoms with Gasteiger partial charge in [-0.15, -0.1) is 11.3 Å². The first-order chi connectivity index (χ1) is 12.1. The van der Waals surface area contributed by atoms with Crippen LogP contribution in [-0.2, 0) is 12.8 Å². The highest BCUT2D eigenvalue weighted by Gasteiger charge is 2.24. The van der Waals surface area contributed by atoms with Crippen LogP contribution in [0.5, 0.6) is 0 Å². The van der Waals surface area contributed by atoms with E-state index in [1.165, 1.54) is 12.1 Å². The van der Waals surface area contributed by atoms with Gasteiger partial charge in [0, 0.05) is 35.0 Å². The van der Waals surface area contributed by atoms with E-state index in [0.717, 1.165) is 16.2 Å². The van der Waals surface area contributed by atoms with Crippen molar-refractivity contribution in [2.75, 3.05) is 0 Å². The minimum Gasteiger partial charge on any atom is -0.294 e. The number of fused-ring (bicyclic) bond motifs is 1. The van der Waals surface area contributed by atoms with Crippen LogP contribution in [0.15, 0.2) is 53.0 Å². The van der Waals surface area contributed by atoms with E-state index in [-0.39, 0.29) is 17.2 Å². The van der Waals surface area contributed by atoms with Crippen LogP contribution < -0.4 is 0 Å². The molecular weight excluding hydrogens is 359 g/mol. The van der Waals surface area contributed by atoms with Crippen LogP contribution in [0, 0.1) is 5.82 Å². The van der Waals surface area contributed by atoms with Gasteiger partial charge in [0.25, 0.3) is 0 Å². The Morgan fingerprint density at radius 1 is 1.28 bits per heavy atom. The fraction of sp³-hybridized carbons (Fsp3) is 0.105. The van der Waals surface area contributed by atoms with E-state index in [2.05, 4.69) is 9.98 Å². The number of aliphatic imine (C=N–C) groups is 1. The van der Waals surface area contributed by atoms with Crippen molar-refractivity contribution < 1.29 is 9.18 Å². The zero-order valence-corrected chi connectivity index (χ0v) is 14.6. The number of pyridine rings is 1. The summed E-state index contributed by atoms with van der Waals surface area (Å²) in [5.74, 6) is 0.0620. The maximum absolute atomic E-state index is 13.3. The van der Waals surface area contributed by atoms with Crippen molar-refractivity contribution in [1.82, 2.24) is 4.98 Å². The van der Waals surface area contributed by atoms with Gasteiger partial charge in [-0.1, -0.05) is 23.7 Å². The Morgan fingerprint density at radius 2 is 2.16 bits per heavy atom. The number of rotatable bonds is 4. The number of nitrogens with zero attached hydrogens (tertiary/aromatic N) is 2. The number of carbonyl (C=O) groups is 1. The van der Waals surface area contributed by atoms with E-state index in [9.17, 15) is 9.18 Å². The Labute approximate surface area is 152 Å². The largest absolute Gasteiger partial charge is 0.294 e. The number of hydrogen-bond acceptors (Lipinski definition) is 4. The summed E-state index contributed by atoms with van der Waals surface area (Å²) in [4.78, 5) is 22.7. The van der Waals surface area contributed by atoms with Gasteiger partial charge in [-0.25, -0.2) is 14.4 Å². The molecule has 3 heterocycles. The van der Waals surface area contributed by atoms with Crippen molar-refractivity contribution in [3.8, 4) is 0 Å². The summed E-state index contributed by atoms with van der Waals surface area (Å²) in [7, 11) is 0. The zero-order chi connectivity index (χ0) is 17.4. The molecule has 0 atom stereocenters. The van der Waals surface area contributed by atoms with Crippen molar-refractivity contribution in [1.29, 1.82) is 0 Å². The molecule has 2 aromatic heterocycles. The smallest absolute Gasteiger partial charge is 0.167 e. The molecule has 124 valence electrons. The van der Waals surface area contributed by atoms with Crippen molar-refractivity contribution >= 4 is 40.3 Å². The topological polar surface area (TPSA) is 42.3 Å². The van der Waals surface area contributed by atoms with Crippen LogP contribution in [0.3, 0.4) is 0 Å². The third kappa shape index (κ3) is 3.13. The summed E-state index contributed by atoms with van der Waals surface area (Å²) in [6.07, 6.45) is 2.35. The van der Waals surface area contributed by atoms with E-state index in [4.69, 9.17) is 11.6 Å². The summed E-state index contributed by atoms with van der Waals surface area (Å²) < 4.78 is 13.3. The lowest BCUT2D eigenvalue weighted by Gasteiger charge is -2.07. The fourth-order valence-corrected chi connectivity index (χ4v) is 3.78. The number of aromatic nitrogens is 1. The molecule has 0 unspecified atom stereocenters. The summed E-state index contributed by atoms with van der Waals surface area (Å²) in [5, 5.41) is 2.02. The lowest BCUT2D eigenvalue weighted by atomic mass is 9.97. The predicted octanol–water partition coefficient (Wildman–Crippen LogP) is 5.04. The van der Waals surface area contributed by atoms with Crippen LogP contribution in [0.25, 0.3) is 0 Å². The molecule has 0 N–H and O–H groups in total. The van der Waals surface area contributed by atoms with E-state index < -0.39 is 5.82 Å². The lowest BCUT2D eigenvalue weighted by Crippen LogP contribution is -2.08. The SMILES string of the molecule is O=C(Cc1ccc(F)c(Cl)c1)c1ccnc2c1CC(c1cccs1)=N2. The average molecular weight is 371 g/mol. The Morgan fingerprint density at radius 3 is 2.92 bits per heavy atom. The maximum Gasteiger partial charge on any atom is 0.167 e. The van der Waals surface area contributed by atoms with Gasteiger partial charge in [-0.05, 0) is 35.2 Å². The molecule has 1 aliphatic heterocycles. The van der Waals surface area contributed by atoms with Crippen LogP contribution in [0.1, 0.15) is 26.4 Å². The highest BCUT2D eigenvalue weighted by Crippen LogP contribution is 2.31. The van der Waals surface area contributed by atoms with Gasteiger partial charge >= 0.3 is 0 Å². The first-order valence-corrected chi connectivity index (χ1v) is 8.94. The van der Waals surface area contributed by atoms with E-state index >= 15 is 0 Å². The number of ketones is 1. The van der Waals surface area contributed by atoms with Crippen LogP contribution in [0.2, 0.25) is 5.02 Å². The molecule has 0 amide bonds. The second kappa shape index (κ2) is 6.50. The van der Waals surface area contributed by atoms with E-state index in [0.29, 0.717) is 23.4 Å². The standard InChI is InChI=1S/C19H12ClFN2OS/c20-14-8-11(3-4-15(14)21)9-17(24)12-5-6-22-19-13(12)10-16(23-19)18-2-1-7-25-18/h1-8H,9-10H2. The minimum atomic E-state index is -0.489. The zero-order valence-electron chi connectivity index (χ0n) is 13.0. The average Bonchev–Trinajstić information content (AvgIpc) is 3.26. The van der Waals surface area contributed by atoms with Crippen molar-refractivity contribution in [3.05, 3.63) is 80.4 Å². The molecule has 0 aliphatic carbocycles. The molecule has 3 nitrogen and oxygen atoms in total. The summed E-state index contributed by atoms with van der Waals surface area (Å²) in [6.45, 7) is 0. The number of benzene rings is 1. The molecule has 0 fully saturated rings. The maximum atomic E-state index is 13.3. The van der Waals surface area contributed by atoms with Gasteiger partial charge in [0.15, 0.2) is 11.6 Å². The van der Waals surface area contributed by atoms with Gasteiger partial charge < -0.3 is 0 Å². The van der Waals surface area contributed by atoms with Gasteiger partial charge in [0.05, 0.1) is 10.7 Å². The van der Waals surface area contributed by atoms with E-state index in [1.807, 2.05) is 17.5 Å². The van der Waals surface area contributed by atoms with Gasteiger partial charge in [-0.3, -0.25) is 4.79 Å². The molecular formula is C19H12ClFN2OS. The van der Waals surface area contributed by atoms with Crippen molar-refractivity contribution in [3.63, 3.8) is 0 Å². The van der Waals surface area contributed by atoms with Gasteiger partial charge in [-0.2, -0.15) is 0 Å². The molecule has 25 heavy (non-hydrogen) atoms. The Bertz CT molecular complexity index is 999.